The molecule has 37 heteroatoms. The van der Waals surface area contributed by atoms with Crippen LogP contribution in [0.3, 0.4) is 0 Å². The van der Waals surface area contributed by atoms with Crippen molar-refractivity contribution in [1.29, 1.82) is 0 Å². The molecular weight excluding hydrogens is 1520 g/mol. The molecule has 1 aliphatic rings. The topological polar surface area (TPSA) is 287 Å². The Balaban J connectivity index is 0.000000231. The normalized spacial score (nSPS) is 13.0. The molecule has 516 valence electrons. The molecule has 0 aliphatic carbocycles. The zero-order valence-corrected chi connectivity index (χ0v) is 59.7. The summed E-state index contributed by atoms with van der Waals surface area (Å²) in [5.74, 6) is -9.01. The van der Waals surface area contributed by atoms with Gasteiger partial charge in [-0.3, -0.25) is 19.4 Å². The Morgan fingerprint density at radius 3 is 1.20 bits per heavy atom. The van der Waals surface area contributed by atoms with Gasteiger partial charge < -0.3 is 19.4 Å². The summed E-state index contributed by atoms with van der Waals surface area (Å²) < 4.78 is 179. The molecule has 8 aromatic rings. The summed E-state index contributed by atoms with van der Waals surface area (Å²) in [6.45, 7) is 12.4. The largest absolute Gasteiger partial charge is 0.495 e. The van der Waals surface area contributed by atoms with E-state index in [1.165, 1.54) is 42.7 Å². The van der Waals surface area contributed by atoms with Crippen molar-refractivity contribution in [3.63, 3.8) is 0 Å². The lowest BCUT2D eigenvalue weighted by molar-refractivity contribution is 0.00578. The summed E-state index contributed by atoms with van der Waals surface area (Å²) in [4.78, 5) is 47.4. The van der Waals surface area contributed by atoms with E-state index in [9.17, 15) is 70.4 Å². The van der Waals surface area contributed by atoms with Crippen molar-refractivity contribution < 1.29 is 89.7 Å². The van der Waals surface area contributed by atoms with Gasteiger partial charge in [-0.1, -0.05) is 63.6 Å². The van der Waals surface area contributed by atoms with Crippen LogP contribution >= 0.6 is 73.9 Å². The van der Waals surface area contributed by atoms with Crippen LogP contribution in [0, 0.1) is 61.5 Å². The quantitative estimate of drug-likeness (QED) is 0.0457. The van der Waals surface area contributed by atoms with Crippen molar-refractivity contribution >= 4 is 147 Å². The Morgan fingerprint density at radius 1 is 0.485 bits per heavy atom. The molecular formula is C60H53B2BrCl5F7N6O13S3. The predicted molar refractivity (Wildman–Crippen MR) is 361 cm³/mol. The molecule has 3 aromatic heterocycles. The maximum absolute atomic E-state index is 14.5. The van der Waals surface area contributed by atoms with Gasteiger partial charge in [0.2, 0.25) is 30.1 Å². The van der Waals surface area contributed by atoms with E-state index in [2.05, 4.69) is 30.9 Å². The molecule has 1 saturated heterocycles. The van der Waals surface area contributed by atoms with Gasteiger partial charge in [-0.05, 0) is 176 Å². The van der Waals surface area contributed by atoms with Gasteiger partial charge in [-0.25, -0.2) is 80.1 Å². The molecule has 0 saturated carbocycles. The van der Waals surface area contributed by atoms with Crippen LogP contribution in [0.15, 0.2) is 114 Å². The van der Waals surface area contributed by atoms with Crippen molar-refractivity contribution in [2.45, 2.75) is 59.7 Å². The van der Waals surface area contributed by atoms with Crippen LogP contribution in [0.1, 0.15) is 75.5 Å². The molecule has 0 atom stereocenters. The lowest BCUT2D eigenvalue weighted by Crippen LogP contribution is -2.41. The minimum Gasteiger partial charge on any atom is -0.423 e. The Morgan fingerprint density at radius 2 is 0.835 bits per heavy atom. The average Bonchev–Trinajstić information content (AvgIpc) is 1.77. The molecule has 5 aromatic carbocycles. The Hall–Kier alpha value is -6.78. The summed E-state index contributed by atoms with van der Waals surface area (Å²) in [7, 11) is -14.0. The van der Waals surface area contributed by atoms with E-state index >= 15 is 0 Å². The number of nitrogens with one attached hydrogen (secondary N) is 3. The zero-order valence-electron chi connectivity index (χ0n) is 51.9. The second-order valence-corrected chi connectivity index (χ2v) is 30.0. The summed E-state index contributed by atoms with van der Waals surface area (Å²) >= 11 is 32.2. The summed E-state index contributed by atoms with van der Waals surface area (Å²) in [5, 5.41) is 18.2. The first-order valence-corrected chi connectivity index (χ1v) is 35.5. The standard InChI is InChI=1S/C20H14ClF3N2O3S.C15H21BFNO5S.C14H11Cl2FN2O3S.C6H5BF2O2.C5H2BrCl2N/c1-10-3-16(20(27)26-30(2,28)29)18(24)8-15(10)12-6-17(21)19(25-9-12)11-4-13(22)7-14(23)5-11;1-9-7-10(13(19)18-24(6,20)21)12(17)8-11(9)16-22-14(2,3)15(4,5)23-16;1-7-3-10(14(20)19-23(2,21)22)12(17)5-9(7)8-4-11(15)13(16)18-6-8;8-5-1-4(7(10)11)2-6(9)3-5;6-3-1-4(7)5(8)9-2-3/h3-9H,1-2H3,(H,26,27);7-8H,1-6H3,(H,18,19);3-6H,1-2H3,(H,19,20);1-3,10-11H;1-2H. The highest BCUT2D eigenvalue weighted by Gasteiger charge is 2.52. The van der Waals surface area contributed by atoms with Crippen molar-refractivity contribution in [2.24, 2.45) is 0 Å². The first-order chi connectivity index (χ1) is 44.5. The number of pyridine rings is 3. The number of benzene rings is 5. The molecule has 5 N–H and O–H groups in total. The van der Waals surface area contributed by atoms with Crippen LogP contribution in [0.4, 0.5) is 30.7 Å². The third-order valence-electron chi connectivity index (χ3n) is 13.4. The van der Waals surface area contributed by atoms with Gasteiger partial charge in [0.1, 0.15) is 51.0 Å². The number of sulfonamides is 3. The van der Waals surface area contributed by atoms with E-state index < -0.39 is 120 Å². The molecule has 0 bridgehead atoms. The lowest BCUT2D eigenvalue weighted by atomic mass is 9.75. The summed E-state index contributed by atoms with van der Waals surface area (Å²) in [6.07, 6.45) is 6.78. The van der Waals surface area contributed by atoms with Gasteiger partial charge in [0.05, 0.1) is 67.4 Å². The van der Waals surface area contributed by atoms with Gasteiger partial charge >= 0.3 is 14.2 Å². The molecule has 0 spiro atoms. The van der Waals surface area contributed by atoms with Crippen LogP contribution in [-0.2, 0) is 39.4 Å². The Labute approximate surface area is 587 Å². The van der Waals surface area contributed by atoms with E-state index in [-0.39, 0.29) is 43.0 Å². The zero-order chi connectivity index (χ0) is 73.4. The second kappa shape index (κ2) is 32.9. The minimum atomic E-state index is -3.85. The smallest absolute Gasteiger partial charge is 0.423 e. The highest BCUT2D eigenvalue weighted by Crippen LogP contribution is 2.38. The monoisotopic (exact) mass is 1570 g/mol. The molecule has 1 fully saturated rings. The van der Waals surface area contributed by atoms with E-state index in [1.807, 2.05) is 27.7 Å². The number of nitrogens with zero attached hydrogens (tertiary/aromatic N) is 3. The second-order valence-electron chi connectivity index (χ2n) is 21.9. The number of rotatable bonds is 11. The number of hydrogen-bond donors (Lipinski definition) is 5. The van der Waals surface area contributed by atoms with Gasteiger partial charge in [0, 0.05) is 51.9 Å². The van der Waals surface area contributed by atoms with E-state index in [1.54, 1.807) is 47.2 Å². The molecule has 0 radical (unpaired) electrons. The molecule has 97 heavy (non-hydrogen) atoms. The van der Waals surface area contributed by atoms with Crippen LogP contribution in [-0.4, -0.2) is 112 Å². The number of carbonyl (C=O) groups excluding carboxylic acids is 3. The number of halogens is 13. The van der Waals surface area contributed by atoms with Crippen LogP contribution in [0.5, 0.6) is 0 Å². The first-order valence-electron chi connectivity index (χ1n) is 27.1. The lowest BCUT2D eigenvalue weighted by Gasteiger charge is -2.32. The molecule has 1 aliphatic heterocycles. The number of carbonyl (C=O) groups is 3. The highest BCUT2D eigenvalue weighted by atomic mass is 79.9. The number of aromatic nitrogens is 3. The highest BCUT2D eigenvalue weighted by molar-refractivity contribution is 9.10. The third-order valence-corrected chi connectivity index (χ3v) is 17.2. The maximum atomic E-state index is 14.5. The SMILES string of the molecule is Cc1cc(C(=O)NS(C)(=O)=O)c(F)cc1-c1cnc(-c2cc(F)cc(F)c2)c(Cl)c1.Cc1cc(C(=O)NS(C)(=O)=O)c(F)cc1-c1cnc(Cl)c(Cl)c1.Cc1cc(C(=O)NS(C)(=O)=O)c(F)cc1B1OC(C)(C)C(C)(C)O1.Clc1cc(Br)cnc1Cl.OB(O)c1cc(F)cc(F)c1. The first kappa shape index (κ1) is 80.9. The number of aryl methyl sites for hydroxylation is 3. The maximum Gasteiger partial charge on any atom is 0.495 e. The van der Waals surface area contributed by atoms with E-state index in [0.29, 0.717) is 60.6 Å². The van der Waals surface area contributed by atoms with Gasteiger partial charge in [0.25, 0.3) is 17.7 Å². The molecule has 0 unspecified atom stereocenters. The fourth-order valence-corrected chi connectivity index (χ4v) is 10.9. The van der Waals surface area contributed by atoms with Crippen molar-refractivity contribution in [2.75, 3.05) is 18.8 Å². The molecule has 4 heterocycles. The van der Waals surface area contributed by atoms with Gasteiger partial charge in [-0.15, -0.1) is 0 Å². The fraction of sp³-hybridized carbons (Fsp3) is 0.200. The molecule has 9 rings (SSSR count). The Kier molecular flexibility index (Phi) is 27.5. The summed E-state index contributed by atoms with van der Waals surface area (Å²) in [5.41, 5.74) is 1.54. The molecule has 3 amide bonds. The fourth-order valence-electron chi connectivity index (χ4n) is 8.28. The van der Waals surface area contributed by atoms with Crippen LogP contribution in [0.25, 0.3) is 33.5 Å². The minimum absolute atomic E-state index is 0.0798. The van der Waals surface area contributed by atoms with Gasteiger partial charge in [0.15, 0.2) is 0 Å². The van der Waals surface area contributed by atoms with Crippen LogP contribution in [0.2, 0.25) is 25.4 Å². The predicted octanol–water partition coefficient (Wildman–Crippen LogP) is 11.6. The van der Waals surface area contributed by atoms with Crippen LogP contribution < -0.4 is 25.1 Å². The van der Waals surface area contributed by atoms with E-state index in [0.717, 1.165) is 71.8 Å². The van der Waals surface area contributed by atoms with Crippen molar-refractivity contribution in [1.82, 2.24) is 29.1 Å². The number of hydrogen-bond acceptors (Lipinski definition) is 16. The summed E-state index contributed by atoms with van der Waals surface area (Å²) in [6, 6.07) is 17.0. The van der Waals surface area contributed by atoms with E-state index in [4.69, 9.17) is 77.4 Å². The average molecular weight is 1570 g/mol. The Bertz CT molecular complexity index is 4680. The van der Waals surface area contributed by atoms with Gasteiger partial charge in [-0.2, -0.15) is 0 Å². The van der Waals surface area contributed by atoms with Crippen molar-refractivity contribution in [3.8, 4) is 33.5 Å². The third kappa shape index (κ3) is 23.4. The van der Waals surface area contributed by atoms with Crippen molar-refractivity contribution in [3.05, 3.63) is 214 Å². The molecule has 19 nitrogen and oxygen atoms in total. The number of amides is 3.